The molecule has 1 aromatic rings. The van der Waals surface area contributed by atoms with Gasteiger partial charge in [-0.15, -0.1) is 0 Å². The molecule has 3 nitrogen and oxygen atoms in total. The lowest BCUT2D eigenvalue weighted by Gasteiger charge is -2.08. The van der Waals surface area contributed by atoms with Crippen LogP contribution in [-0.2, 0) is 4.74 Å². The number of carbonyl (C=O) groups is 1. The van der Waals surface area contributed by atoms with Crippen LogP contribution in [0.2, 0.25) is 0 Å². The summed E-state index contributed by atoms with van der Waals surface area (Å²) < 4.78 is 11.1. The zero-order chi connectivity index (χ0) is 12.1. The quantitative estimate of drug-likeness (QED) is 0.781. The second-order valence-electron chi connectivity index (χ2n) is 3.63. The number of halogens is 1. The molecular formula is C12H15BrO3. The van der Waals surface area contributed by atoms with Crippen molar-refractivity contribution in [3.05, 3.63) is 28.2 Å². The molecule has 0 saturated carbocycles. The van der Waals surface area contributed by atoms with Gasteiger partial charge in [0.25, 0.3) is 0 Å². The van der Waals surface area contributed by atoms with Gasteiger partial charge in [0.05, 0.1) is 17.7 Å². The smallest absolute Gasteiger partial charge is 0.188 e. The molecule has 0 saturated heterocycles. The molecule has 0 heterocycles. The Morgan fingerprint density at radius 2 is 2.12 bits per heavy atom. The van der Waals surface area contributed by atoms with Gasteiger partial charge in [0, 0.05) is 5.56 Å². The van der Waals surface area contributed by atoms with Gasteiger partial charge in [-0.25, -0.2) is 0 Å². The Morgan fingerprint density at radius 3 is 2.62 bits per heavy atom. The zero-order valence-corrected chi connectivity index (χ0v) is 11.2. The predicted molar refractivity (Wildman–Crippen MR) is 66.1 cm³/mol. The third kappa shape index (κ3) is 3.61. The van der Waals surface area contributed by atoms with Crippen molar-refractivity contribution in [3.63, 3.8) is 0 Å². The molecule has 88 valence electrons. The topological polar surface area (TPSA) is 35.5 Å². The number of methoxy groups -OCH3 is 1. The molecule has 0 amide bonds. The van der Waals surface area contributed by atoms with Crippen LogP contribution in [0.4, 0.5) is 0 Å². The predicted octanol–water partition coefficient (Wildman–Crippen LogP) is 3.07. The molecule has 1 aromatic carbocycles. The summed E-state index contributed by atoms with van der Waals surface area (Å²) in [5.74, 6) is 0.679. The Balaban J connectivity index is 2.73. The summed E-state index contributed by atoms with van der Waals surface area (Å²) in [6.45, 7) is 3.91. The third-order valence-electron chi connectivity index (χ3n) is 2.02. The van der Waals surface area contributed by atoms with E-state index < -0.39 is 0 Å². The van der Waals surface area contributed by atoms with Gasteiger partial charge in [-0.3, -0.25) is 4.79 Å². The summed E-state index contributed by atoms with van der Waals surface area (Å²) in [6, 6.07) is 5.23. The highest BCUT2D eigenvalue weighted by Crippen LogP contribution is 2.25. The molecule has 0 bridgehead atoms. The van der Waals surface area contributed by atoms with Crippen molar-refractivity contribution in [3.8, 4) is 5.75 Å². The Morgan fingerprint density at radius 1 is 1.44 bits per heavy atom. The molecule has 0 aliphatic rings. The summed E-state index contributed by atoms with van der Waals surface area (Å²) >= 11 is 3.34. The second kappa shape index (κ2) is 6.01. The van der Waals surface area contributed by atoms with E-state index in [1.807, 2.05) is 13.8 Å². The molecule has 0 N–H and O–H groups in total. The van der Waals surface area contributed by atoms with Crippen LogP contribution < -0.4 is 4.74 Å². The molecular weight excluding hydrogens is 272 g/mol. The van der Waals surface area contributed by atoms with Gasteiger partial charge in [0.1, 0.15) is 12.4 Å². The Hall–Kier alpha value is -0.870. The van der Waals surface area contributed by atoms with Gasteiger partial charge in [0.15, 0.2) is 5.78 Å². The Labute approximate surface area is 104 Å². The molecule has 0 aliphatic carbocycles. The van der Waals surface area contributed by atoms with Gasteiger partial charge in [0.2, 0.25) is 0 Å². The van der Waals surface area contributed by atoms with Gasteiger partial charge < -0.3 is 9.47 Å². The summed E-state index contributed by atoms with van der Waals surface area (Å²) in [5, 5.41) is 0. The molecule has 1 rings (SSSR count). The van der Waals surface area contributed by atoms with Crippen molar-refractivity contribution < 1.29 is 14.3 Å². The molecule has 16 heavy (non-hydrogen) atoms. The maximum Gasteiger partial charge on any atom is 0.188 e. The maximum atomic E-state index is 11.7. The summed E-state index contributed by atoms with van der Waals surface area (Å²) in [4.78, 5) is 11.7. The summed E-state index contributed by atoms with van der Waals surface area (Å²) in [7, 11) is 1.59. The van der Waals surface area contributed by atoms with E-state index in [-0.39, 0.29) is 18.5 Å². The van der Waals surface area contributed by atoms with E-state index in [2.05, 4.69) is 15.9 Å². The lowest BCUT2D eigenvalue weighted by atomic mass is 10.1. The second-order valence-corrected chi connectivity index (χ2v) is 4.49. The van der Waals surface area contributed by atoms with E-state index in [0.717, 1.165) is 4.47 Å². The average Bonchev–Trinajstić information content (AvgIpc) is 2.25. The fourth-order valence-corrected chi connectivity index (χ4v) is 1.71. The molecule has 0 aromatic heterocycles. The highest BCUT2D eigenvalue weighted by Gasteiger charge is 2.09. The minimum absolute atomic E-state index is 0.0305. The van der Waals surface area contributed by atoms with Crippen molar-refractivity contribution in [2.75, 3.05) is 13.7 Å². The van der Waals surface area contributed by atoms with E-state index in [4.69, 9.17) is 9.47 Å². The summed E-state index contributed by atoms with van der Waals surface area (Å²) in [5.41, 5.74) is 0.619. The molecule has 4 heteroatoms. The van der Waals surface area contributed by atoms with E-state index in [1.165, 1.54) is 0 Å². The van der Waals surface area contributed by atoms with E-state index in [9.17, 15) is 4.79 Å². The third-order valence-corrected chi connectivity index (χ3v) is 2.64. The van der Waals surface area contributed by atoms with Crippen LogP contribution in [0.3, 0.4) is 0 Å². The Bertz CT molecular complexity index is 375. The van der Waals surface area contributed by atoms with Crippen LogP contribution in [0.15, 0.2) is 22.7 Å². The molecule has 0 unspecified atom stereocenters. The van der Waals surface area contributed by atoms with Gasteiger partial charge >= 0.3 is 0 Å². The first-order valence-electron chi connectivity index (χ1n) is 5.03. The number of hydrogen-bond donors (Lipinski definition) is 0. The normalized spacial score (nSPS) is 10.6. The van der Waals surface area contributed by atoms with Crippen molar-refractivity contribution in [2.45, 2.75) is 20.0 Å². The SMILES string of the molecule is COc1ccc(C(=O)COC(C)C)cc1Br. The van der Waals surface area contributed by atoms with Gasteiger partial charge in [-0.05, 0) is 48.0 Å². The van der Waals surface area contributed by atoms with Crippen LogP contribution in [-0.4, -0.2) is 25.6 Å². The molecule has 0 aliphatic heterocycles. The molecule has 0 radical (unpaired) electrons. The minimum atomic E-state index is -0.0305. The average molecular weight is 287 g/mol. The fraction of sp³-hybridized carbons (Fsp3) is 0.417. The largest absolute Gasteiger partial charge is 0.496 e. The molecule has 0 spiro atoms. The monoisotopic (exact) mass is 286 g/mol. The fourth-order valence-electron chi connectivity index (χ4n) is 1.17. The minimum Gasteiger partial charge on any atom is -0.496 e. The lowest BCUT2D eigenvalue weighted by Crippen LogP contribution is -2.13. The number of ketones is 1. The number of rotatable bonds is 5. The van der Waals surface area contributed by atoms with Crippen LogP contribution in [0.5, 0.6) is 5.75 Å². The van der Waals surface area contributed by atoms with Crippen molar-refractivity contribution in [1.82, 2.24) is 0 Å². The van der Waals surface area contributed by atoms with Crippen LogP contribution in [0, 0.1) is 0 Å². The zero-order valence-electron chi connectivity index (χ0n) is 9.62. The standard InChI is InChI=1S/C12H15BrO3/c1-8(2)16-7-11(14)9-4-5-12(15-3)10(13)6-9/h4-6,8H,7H2,1-3H3. The Kier molecular flexibility index (Phi) is 4.96. The number of ether oxygens (including phenoxy) is 2. The maximum absolute atomic E-state index is 11.7. The first-order valence-corrected chi connectivity index (χ1v) is 5.82. The van der Waals surface area contributed by atoms with Crippen LogP contribution >= 0.6 is 15.9 Å². The first-order chi connectivity index (χ1) is 7.54. The molecule has 0 fully saturated rings. The van der Waals surface area contributed by atoms with Crippen molar-refractivity contribution in [2.24, 2.45) is 0 Å². The number of hydrogen-bond acceptors (Lipinski definition) is 3. The number of Topliss-reactive ketones (excluding diaryl/α,β-unsaturated/α-hetero) is 1. The number of benzene rings is 1. The van der Waals surface area contributed by atoms with Crippen LogP contribution in [0.1, 0.15) is 24.2 Å². The lowest BCUT2D eigenvalue weighted by molar-refractivity contribution is 0.0584. The first kappa shape index (κ1) is 13.2. The number of carbonyl (C=O) groups excluding carboxylic acids is 1. The summed E-state index contributed by atoms with van der Waals surface area (Å²) in [6.07, 6.45) is 0.0608. The van der Waals surface area contributed by atoms with Gasteiger partial charge in [-0.2, -0.15) is 0 Å². The van der Waals surface area contributed by atoms with Gasteiger partial charge in [-0.1, -0.05) is 0 Å². The van der Waals surface area contributed by atoms with Crippen LogP contribution in [0.25, 0.3) is 0 Å². The highest BCUT2D eigenvalue weighted by molar-refractivity contribution is 9.10. The molecule has 0 atom stereocenters. The van der Waals surface area contributed by atoms with E-state index in [1.54, 1.807) is 25.3 Å². The highest BCUT2D eigenvalue weighted by atomic mass is 79.9. The van der Waals surface area contributed by atoms with Crippen molar-refractivity contribution >= 4 is 21.7 Å². The van der Waals surface area contributed by atoms with Crippen molar-refractivity contribution in [1.29, 1.82) is 0 Å². The van der Waals surface area contributed by atoms with E-state index >= 15 is 0 Å². The van der Waals surface area contributed by atoms with E-state index in [0.29, 0.717) is 11.3 Å².